The van der Waals surface area contributed by atoms with Gasteiger partial charge >= 0.3 is 0 Å². The lowest BCUT2D eigenvalue weighted by Crippen LogP contribution is -2.48. The van der Waals surface area contributed by atoms with Gasteiger partial charge in [-0.2, -0.15) is 5.10 Å². The van der Waals surface area contributed by atoms with Crippen LogP contribution in [-0.4, -0.2) is 34.3 Å². The standard InChI is InChI=1S/C20H25N3/c1-2-4-15(5-3-1)17-6-7-19-18(12-17)13-21-23(19)20-14-22-10-8-16(20)9-11-22/h4,6-7,12-13,16,20H,1-3,5,8-11,14H2/t20-/m0/s1. The molecule has 0 unspecified atom stereocenters. The molecule has 3 fully saturated rings. The van der Waals surface area contributed by atoms with E-state index in [1.54, 1.807) is 0 Å². The summed E-state index contributed by atoms with van der Waals surface area (Å²) in [6, 6.07) is 7.57. The first-order valence-corrected chi connectivity index (χ1v) is 9.27. The van der Waals surface area contributed by atoms with E-state index in [0.717, 1.165) is 5.92 Å². The highest BCUT2D eigenvalue weighted by Crippen LogP contribution is 2.37. The number of piperidine rings is 3. The van der Waals surface area contributed by atoms with Gasteiger partial charge < -0.3 is 4.90 Å². The molecule has 3 aliphatic heterocycles. The summed E-state index contributed by atoms with van der Waals surface area (Å²) in [5.74, 6) is 0.823. The van der Waals surface area contributed by atoms with Crippen molar-refractivity contribution in [2.45, 2.75) is 44.6 Å². The van der Waals surface area contributed by atoms with Crippen molar-refractivity contribution in [2.75, 3.05) is 19.6 Å². The third-order valence-corrected chi connectivity index (χ3v) is 6.19. The van der Waals surface area contributed by atoms with Gasteiger partial charge in [0.2, 0.25) is 0 Å². The zero-order valence-electron chi connectivity index (χ0n) is 13.7. The Morgan fingerprint density at radius 3 is 2.74 bits per heavy atom. The maximum atomic E-state index is 4.79. The zero-order valence-corrected chi connectivity index (χ0v) is 13.7. The van der Waals surface area contributed by atoms with Crippen molar-refractivity contribution in [1.82, 2.24) is 14.7 Å². The molecular weight excluding hydrogens is 282 g/mol. The molecule has 0 amide bonds. The molecule has 0 spiro atoms. The highest BCUT2D eigenvalue weighted by molar-refractivity contribution is 5.83. The molecular formula is C20H25N3. The van der Waals surface area contributed by atoms with Gasteiger partial charge in [0.15, 0.2) is 0 Å². The molecule has 2 aromatic rings. The summed E-state index contributed by atoms with van der Waals surface area (Å²) < 4.78 is 2.32. The summed E-state index contributed by atoms with van der Waals surface area (Å²) in [5.41, 5.74) is 4.27. The van der Waals surface area contributed by atoms with Crippen molar-refractivity contribution >= 4 is 16.5 Å². The first-order valence-electron chi connectivity index (χ1n) is 9.27. The summed E-state index contributed by atoms with van der Waals surface area (Å²) in [7, 11) is 0. The van der Waals surface area contributed by atoms with Crippen LogP contribution >= 0.6 is 0 Å². The van der Waals surface area contributed by atoms with Crippen LogP contribution in [0.2, 0.25) is 0 Å². The Morgan fingerprint density at radius 1 is 1.09 bits per heavy atom. The number of rotatable bonds is 2. The minimum atomic E-state index is 0.578. The largest absolute Gasteiger partial charge is 0.301 e. The lowest BCUT2D eigenvalue weighted by Gasteiger charge is -2.44. The second kappa shape index (κ2) is 5.48. The van der Waals surface area contributed by atoms with Gasteiger partial charge in [-0.15, -0.1) is 0 Å². The van der Waals surface area contributed by atoms with E-state index in [4.69, 9.17) is 5.10 Å². The van der Waals surface area contributed by atoms with E-state index in [1.807, 2.05) is 0 Å². The van der Waals surface area contributed by atoms with Gasteiger partial charge in [0.05, 0.1) is 17.8 Å². The molecule has 0 saturated carbocycles. The van der Waals surface area contributed by atoms with Crippen LogP contribution in [0, 0.1) is 5.92 Å². The van der Waals surface area contributed by atoms with Crippen molar-refractivity contribution in [3.63, 3.8) is 0 Å². The Morgan fingerprint density at radius 2 is 2.00 bits per heavy atom. The fourth-order valence-corrected chi connectivity index (χ4v) is 4.83. The number of hydrogen-bond acceptors (Lipinski definition) is 2. The lowest BCUT2D eigenvalue weighted by molar-refractivity contribution is 0.0534. The zero-order chi connectivity index (χ0) is 15.2. The Kier molecular flexibility index (Phi) is 3.29. The molecule has 23 heavy (non-hydrogen) atoms. The van der Waals surface area contributed by atoms with Gasteiger partial charge in [-0.05, 0) is 80.8 Å². The molecule has 4 aliphatic rings. The van der Waals surface area contributed by atoms with E-state index in [-0.39, 0.29) is 0 Å². The summed E-state index contributed by atoms with van der Waals surface area (Å²) in [6.07, 6.45) is 12.4. The molecule has 1 atom stereocenters. The number of benzene rings is 1. The third kappa shape index (κ3) is 2.33. The minimum Gasteiger partial charge on any atom is -0.301 e. The summed E-state index contributed by atoms with van der Waals surface area (Å²) in [5, 5.41) is 6.11. The van der Waals surface area contributed by atoms with Gasteiger partial charge in [-0.3, -0.25) is 4.68 Å². The quantitative estimate of drug-likeness (QED) is 0.826. The van der Waals surface area contributed by atoms with E-state index in [1.165, 1.54) is 80.2 Å². The number of allylic oxidation sites excluding steroid dienone is 2. The van der Waals surface area contributed by atoms with Crippen LogP contribution in [0.15, 0.2) is 30.5 Å². The van der Waals surface area contributed by atoms with E-state index >= 15 is 0 Å². The van der Waals surface area contributed by atoms with Crippen LogP contribution < -0.4 is 0 Å². The smallest absolute Gasteiger partial charge is 0.0686 e. The van der Waals surface area contributed by atoms with Gasteiger partial charge in [0, 0.05) is 11.9 Å². The van der Waals surface area contributed by atoms with Crippen molar-refractivity contribution in [2.24, 2.45) is 5.92 Å². The monoisotopic (exact) mass is 307 g/mol. The average Bonchev–Trinajstić information content (AvgIpc) is 3.06. The fourth-order valence-electron chi connectivity index (χ4n) is 4.83. The number of fused-ring (bicyclic) bond motifs is 4. The molecule has 0 radical (unpaired) electrons. The molecule has 3 saturated heterocycles. The van der Waals surface area contributed by atoms with Crippen molar-refractivity contribution < 1.29 is 0 Å². The van der Waals surface area contributed by atoms with Crippen LogP contribution in [0.25, 0.3) is 16.5 Å². The van der Waals surface area contributed by atoms with Crippen LogP contribution in [0.4, 0.5) is 0 Å². The molecule has 1 aliphatic carbocycles. The van der Waals surface area contributed by atoms with Crippen molar-refractivity contribution in [3.8, 4) is 0 Å². The molecule has 4 heterocycles. The predicted octanol–water partition coefficient (Wildman–Crippen LogP) is 4.26. The molecule has 1 aromatic heterocycles. The Labute approximate surface area is 138 Å². The van der Waals surface area contributed by atoms with E-state index < -0.39 is 0 Å². The average molecular weight is 307 g/mol. The Balaban J connectivity index is 1.51. The first kappa shape index (κ1) is 13.8. The Bertz CT molecular complexity index is 749. The number of hydrogen-bond donors (Lipinski definition) is 0. The van der Waals surface area contributed by atoms with Crippen LogP contribution in [0.5, 0.6) is 0 Å². The van der Waals surface area contributed by atoms with Gasteiger partial charge in [0.1, 0.15) is 0 Å². The van der Waals surface area contributed by atoms with E-state index in [2.05, 4.69) is 40.1 Å². The molecule has 120 valence electrons. The van der Waals surface area contributed by atoms with Crippen LogP contribution in [-0.2, 0) is 0 Å². The SMILES string of the molecule is C1=C(c2ccc3c(cnn3[C@H]3CN4CCC3CC4)c2)CCCC1. The van der Waals surface area contributed by atoms with Crippen molar-refractivity contribution in [1.29, 1.82) is 0 Å². The predicted molar refractivity (Wildman–Crippen MR) is 94.4 cm³/mol. The van der Waals surface area contributed by atoms with E-state index in [0.29, 0.717) is 6.04 Å². The maximum Gasteiger partial charge on any atom is 0.0686 e. The minimum absolute atomic E-state index is 0.578. The van der Waals surface area contributed by atoms with Crippen LogP contribution in [0.3, 0.4) is 0 Å². The lowest BCUT2D eigenvalue weighted by atomic mass is 9.84. The summed E-state index contributed by atoms with van der Waals surface area (Å²) in [6.45, 7) is 3.77. The normalized spacial score (nSPS) is 30.6. The second-order valence-electron chi connectivity index (χ2n) is 7.54. The van der Waals surface area contributed by atoms with Gasteiger partial charge in [0.25, 0.3) is 0 Å². The van der Waals surface area contributed by atoms with Gasteiger partial charge in [-0.25, -0.2) is 0 Å². The van der Waals surface area contributed by atoms with Crippen molar-refractivity contribution in [3.05, 3.63) is 36.0 Å². The summed E-state index contributed by atoms with van der Waals surface area (Å²) >= 11 is 0. The molecule has 6 rings (SSSR count). The molecule has 2 bridgehead atoms. The topological polar surface area (TPSA) is 21.1 Å². The highest BCUT2D eigenvalue weighted by Gasteiger charge is 2.36. The number of nitrogens with zero attached hydrogens (tertiary/aromatic N) is 3. The molecule has 1 aromatic carbocycles. The highest BCUT2D eigenvalue weighted by atomic mass is 15.3. The summed E-state index contributed by atoms with van der Waals surface area (Å²) in [4.78, 5) is 2.61. The maximum absolute atomic E-state index is 4.79. The third-order valence-electron chi connectivity index (χ3n) is 6.19. The fraction of sp³-hybridized carbons (Fsp3) is 0.550. The first-order chi connectivity index (χ1) is 11.4. The molecule has 3 heteroatoms. The second-order valence-corrected chi connectivity index (χ2v) is 7.54. The molecule has 3 nitrogen and oxygen atoms in total. The van der Waals surface area contributed by atoms with Crippen LogP contribution in [0.1, 0.15) is 50.1 Å². The Hall–Kier alpha value is -1.61. The molecule has 0 N–H and O–H groups in total. The van der Waals surface area contributed by atoms with Gasteiger partial charge in [-0.1, -0.05) is 12.1 Å². The van der Waals surface area contributed by atoms with E-state index in [9.17, 15) is 0 Å². The number of aromatic nitrogens is 2.